The lowest BCUT2D eigenvalue weighted by Crippen LogP contribution is -2.19. The molecule has 32 heavy (non-hydrogen) atoms. The lowest BCUT2D eigenvalue weighted by Gasteiger charge is -2.05. The third-order valence-corrected chi connectivity index (χ3v) is 6.62. The zero-order chi connectivity index (χ0) is 23.6. The number of carbonyl (C=O) groups excluding carboxylic acids is 2. The van der Waals surface area contributed by atoms with Crippen LogP contribution in [-0.2, 0) is 26.1 Å². The van der Waals surface area contributed by atoms with E-state index >= 15 is 0 Å². The molecule has 0 aliphatic rings. The van der Waals surface area contributed by atoms with Crippen LogP contribution in [0.3, 0.4) is 0 Å². The predicted molar refractivity (Wildman–Crippen MR) is 116 cm³/mol. The Morgan fingerprint density at radius 1 is 1.28 bits per heavy atom. The first-order chi connectivity index (χ1) is 15.0. The maximum absolute atomic E-state index is 12.8. The van der Waals surface area contributed by atoms with Crippen LogP contribution in [0.1, 0.15) is 16.8 Å². The van der Waals surface area contributed by atoms with Crippen molar-refractivity contribution in [3.63, 3.8) is 0 Å². The molecule has 0 fully saturated rings. The normalized spacial score (nSPS) is 12.2. The Labute approximate surface area is 189 Å². The first-order valence-electron chi connectivity index (χ1n) is 8.77. The quantitative estimate of drug-likeness (QED) is 0.309. The van der Waals surface area contributed by atoms with Crippen molar-refractivity contribution >= 4 is 60.7 Å². The summed E-state index contributed by atoms with van der Waals surface area (Å²) in [6.07, 6.45) is -0.0434. The minimum atomic E-state index is -3.97. The summed E-state index contributed by atoms with van der Waals surface area (Å²) in [4.78, 5) is 38.8. The van der Waals surface area contributed by atoms with Gasteiger partial charge in [0.25, 0.3) is 11.6 Å². The topological polar surface area (TPSA) is 164 Å². The highest BCUT2D eigenvalue weighted by atomic mass is 35.5. The minimum absolute atomic E-state index is 0.0249. The average Bonchev–Trinajstić information content (AvgIpc) is 3.07. The van der Waals surface area contributed by atoms with Crippen LogP contribution in [0.15, 0.2) is 46.3 Å². The number of esters is 1. The number of aromatic nitrogens is 1. The summed E-state index contributed by atoms with van der Waals surface area (Å²) in [7, 11) is -2.74. The highest BCUT2D eigenvalue weighted by Crippen LogP contribution is 2.24. The summed E-state index contributed by atoms with van der Waals surface area (Å²) in [5.41, 5.74) is -0.00768. The van der Waals surface area contributed by atoms with Crippen molar-refractivity contribution in [2.45, 2.75) is 17.9 Å². The molecular formula is C18H15ClN4O7S2. The summed E-state index contributed by atoms with van der Waals surface area (Å²) < 4.78 is 30.0. The van der Waals surface area contributed by atoms with Gasteiger partial charge in [-0.1, -0.05) is 22.9 Å². The van der Waals surface area contributed by atoms with Crippen LogP contribution in [0.5, 0.6) is 0 Å². The Bertz CT molecular complexity index is 1430. The first kappa shape index (κ1) is 23.5. The number of hydrogen-bond donors (Lipinski definition) is 1. The molecule has 0 saturated carbocycles. The highest BCUT2D eigenvalue weighted by molar-refractivity contribution is 7.89. The molecule has 11 nitrogen and oxygen atoms in total. The van der Waals surface area contributed by atoms with Crippen LogP contribution in [-0.4, -0.2) is 36.9 Å². The average molecular weight is 499 g/mol. The van der Waals surface area contributed by atoms with Gasteiger partial charge in [-0.25, -0.2) is 13.6 Å². The number of sulfonamides is 1. The van der Waals surface area contributed by atoms with Gasteiger partial charge in [-0.05, 0) is 24.3 Å². The number of methoxy groups -OCH3 is 1. The SMILES string of the molecule is COC(=O)CCn1c(=NC(=O)c2cc([N+](=O)[O-])ccc2Cl)sc2cc(S(N)(=O)=O)ccc21. The Kier molecular flexibility index (Phi) is 6.74. The Hall–Kier alpha value is -3.13. The number of non-ortho nitro benzene ring substituents is 1. The van der Waals surface area contributed by atoms with Gasteiger partial charge in [0, 0.05) is 18.7 Å². The van der Waals surface area contributed by atoms with E-state index in [9.17, 15) is 28.1 Å². The van der Waals surface area contributed by atoms with E-state index in [-0.39, 0.29) is 38.9 Å². The summed E-state index contributed by atoms with van der Waals surface area (Å²) in [5.74, 6) is -1.35. The minimum Gasteiger partial charge on any atom is -0.469 e. The smallest absolute Gasteiger partial charge is 0.307 e. The number of carbonyl (C=O) groups is 2. The van der Waals surface area contributed by atoms with E-state index in [2.05, 4.69) is 9.73 Å². The number of fused-ring (bicyclic) bond motifs is 1. The number of halogens is 1. The maximum atomic E-state index is 12.8. The number of ether oxygens (including phenoxy) is 1. The van der Waals surface area contributed by atoms with Gasteiger partial charge in [0.05, 0.1) is 44.2 Å². The predicted octanol–water partition coefficient (Wildman–Crippen LogP) is 2.22. The van der Waals surface area contributed by atoms with E-state index in [1.165, 1.54) is 35.9 Å². The monoisotopic (exact) mass is 498 g/mol. The van der Waals surface area contributed by atoms with E-state index in [4.69, 9.17) is 16.7 Å². The molecule has 1 amide bonds. The van der Waals surface area contributed by atoms with E-state index in [1.807, 2.05) is 0 Å². The Morgan fingerprint density at radius 3 is 2.62 bits per heavy atom. The molecule has 3 rings (SSSR count). The van der Waals surface area contributed by atoms with Crippen LogP contribution in [0.25, 0.3) is 10.2 Å². The fourth-order valence-electron chi connectivity index (χ4n) is 2.77. The number of aryl methyl sites for hydroxylation is 1. The van der Waals surface area contributed by atoms with Crippen molar-refractivity contribution in [1.29, 1.82) is 0 Å². The number of nitrogens with two attached hydrogens (primary N) is 1. The van der Waals surface area contributed by atoms with Crippen molar-refractivity contribution in [2.75, 3.05) is 7.11 Å². The molecule has 168 valence electrons. The number of hydrogen-bond acceptors (Lipinski definition) is 8. The van der Waals surface area contributed by atoms with E-state index in [1.54, 1.807) is 0 Å². The largest absolute Gasteiger partial charge is 0.469 e. The molecule has 3 aromatic rings. The summed E-state index contributed by atoms with van der Waals surface area (Å²) in [5, 5.41) is 16.2. The summed E-state index contributed by atoms with van der Waals surface area (Å²) in [6, 6.07) is 7.49. The molecule has 0 spiro atoms. The molecule has 0 aliphatic heterocycles. The zero-order valence-electron chi connectivity index (χ0n) is 16.3. The molecule has 0 aliphatic carbocycles. The Morgan fingerprint density at radius 2 is 2.00 bits per heavy atom. The van der Waals surface area contributed by atoms with Gasteiger partial charge in [0.1, 0.15) is 0 Å². The second-order valence-corrected chi connectivity index (χ2v) is 9.35. The van der Waals surface area contributed by atoms with Crippen LogP contribution in [0, 0.1) is 10.1 Å². The number of nitro benzene ring substituents is 1. The molecule has 14 heteroatoms. The molecule has 0 unspecified atom stereocenters. The van der Waals surface area contributed by atoms with Crippen molar-refractivity contribution in [1.82, 2.24) is 4.57 Å². The molecule has 0 atom stereocenters. The van der Waals surface area contributed by atoms with Crippen molar-refractivity contribution < 1.29 is 27.7 Å². The van der Waals surface area contributed by atoms with Crippen molar-refractivity contribution in [2.24, 2.45) is 10.1 Å². The standard InChI is InChI=1S/C18H15ClN4O7S2/c1-30-16(24)6-7-22-14-5-3-11(32(20,28)29)9-15(14)31-18(22)21-17(25)12-8-10(23(26)27)2-4-13(12)19/h2-5,8-9H,6-7H2,1H3,(H2,20,28,29). The first-order valence-corrected chi connectivity index (χ1v) is 11.5. The van der Waals surface area contributed by atoms with Gasteiger partial charge in [-0.15, -0.1) is 0 Å². The maximum Gasteiger partial charge on any atom is 0.307 e. The Balaban J connectivity index is 2.18. The van der Waals surface area contributed by atoms with Gasteiger partial charge >= 0.3 is 5.97 Å². The third kappa shape index (κ3) is 5.02. The highest BCUT2D eigenvalue weighted by Gasteiger charge is 2.18. The molecule has 1 aromatic heterocycles. The molecule has 0 saturated heterocycles. The molecule has 2 N–H and O–H groups in total. The second-order valence-electron chi connectivity index (χ2n) is 6.38. The molecule has 1 heterocycles. The number of thiazole rings is 1. The fourth-order valence-corrected chi connectivity index (χ4v) is 4.68. The number of benzene rings is 2. The van der Waals surface area contributed by atoms with Gasteiger partial charge < -0.3 is 9.30 Å². The van der Waals surface area contributed by atoms with Crippen molar-refractivity contribution in [3.8, 4) is 0 Å². The number of rotatable bonds is 6. The van der Waals surface area contributed by atoms with Crippen LogP contribution in [0.2, 0.25) is 5.02 Å². The molecule has 0 radical (unpaired) electrons. The van der Waals surface area contributed by atoms with Crippen LogP contribution in [0.4, 0.5) is 5.69 Å². The molecule has 0 bridgehead atoms. The molecular weight excluding hydrogens is 484 g/mol. The number of amides is 1. The van der Waals surface area contributed by atoms with E-state index in [0.29, 0.717) is 10.2 Å². The summed E-state index contributed by atoms with van der Waals surface area (Å²) >= 11 is 7.00. The van der Waals surface area contributed by atoms with E-state index in [0.717, 1.165) is 23.5 Å². The zero-order valence-corrected chi connectivity index (χ0v) is 18.7. The van der Waals surface area contributed by atoms with Gasteiger partial charge in [0.2, 0.25) is 10.0 Å². The number of nitrogens with zero attached hydrogens (tertiary/aromatic N) is 3. The van der Waals surface area contributed by atoms with Crippen LogP contribution < -0.4 is 9.94 Å². The third-order valence-electron chi connectivity index (χ3n) is 4.34. The van der Waals surface area contributed by atoms with Crippen LogP contribution >= 0.6 is 22.9 Å². The summed E-state index contributed by atoms with van der Waals surface area (Å²) in [6.45, 7) is 0.0795. The fraction of sp³-hybridized carbons (Fsp3) is 0.167. The molecule has 2 aromatic carbocycles. The second kappa shape index (κ2) is 9.16. The lowest BCUT2D eigenvalue weighted by molar-refractivity contribution is -0.384. The van der Waals surface area contributed by atoms with Gasteiger partial charge in [0.15, 0.2) is 4.80 Å². The number of primary sulfonamides is 1. The van der Waals surface area contributed by atoms with Gasteiger partial charge in [-0.2, -0.15) is 4.99 Å². The van der Waals surface area contributed by atoms with Crippen molar-refractivity contribution in [3.05, 3.63) is 61.9 Å². The van der Waals surface area contributed by atoms with E-state index < -0.39 is 26.8 Å². The number of nitro groups is 1. The lowest BCUT2D eigenvalue weighted by atomic mass is 10.2. The van der Waals surface area contributed by atoms with Gasteiger partial charge in [-0.3, -0.25) is 19.7 Å².